The summed E-state index contributed by atoms with van der Waals surface area (Å²) in [6.45, 7) is 1.02. The number of anilines is 1. The summed E-state index contributed by atoms with van der Waals surface area (Å²) in [4.78, 5) is 0. The molecule has 0 bridgehead atoms. The van der Waals surface area contributed by atoms with E-state index in [-0.39, 0.29) is 12.4 Å². The van der Waals surface area contributed by atoms with Crippen LogP contribution in [0, 0.1) is 11.3 Å². The Bertz CT molecular complexity index is 567. The van der Waals surface area contributed by atoms with Gasteiger partial charge in [0.05, 0.1) is 30.2 Å². The van der Waals surface area contributed by atoms with Crippen LogP contribution in [0.5, 0.6) is 0 Å². The van der Waals surface area contributed by atoms with Crippen molar-refractivity contribution < 1.29 is 13.2 Å². The third kappa shape index (κ3) is 6.43. The molecule has 0 unspecified atom stereocenters. The van der Waals surface area contributed by atoms with Gasteiger partial charge in [0, 0.05) is 17.8 Å². The number of ether oxygens (including phenoxy) is 1. The van der Waals surface area contributed by atoms with Crippen LogP contribution < -0.4 is 5.32 Å². The lowest BCUT2D eigenvalue weighted by Crippen LogP contribution is -2.15. The first-order valence-corrected chi connectivity index (χ1v) is 8.05. The second-order valence-electron chi connectivity index (χ2n) is 3.97. The Kier molecular flexibility index (Phi) is 6.09. The molecule has 0 heterocycles. The van der Waals surface area contributed by atoms with Gasteiger partial charge in [-0.1, -0.05) is 11.6 Å². The van der Waals surface area contributed by atoms with Gasteiger partial charge in [0.15, 0.2) is 0 Å². The maximum atomic E-state index is 10.9. The Labute approximate surface area is 118 Å². The van der Waals surface area contributed by atoms with Crippen LogP contribution in [0.15, 0.2) is 18.2 Å². The van der Waals surface area contributed by atoms with E-state index < -0.39 is 9.84 Å². The smallest absolute Gasteiger partial charge is 0.149 e. The first-order chi connectivity index (χ1) is 8.92. The summed E-state index contributed by atoms with van der Waals surface area (Å²) in [5.74, 6) is 0.0113. The maximum Gasteiger partial charge on any atom is 0.149 e. The molecule has 0 radical (unpaired) electrons. The lowest BCUT2D eigenvalue weighted by molar-refractivity contribution is 0.159. The Morgan fingerprint density at radius 1 is 1.42 bits per heavy atom. The highest BCUT2D eigenvalue weighted by atomic mass is 35.5. The van der Waals surface area contributed by atoms with E-state index in [0.29, 0.717) is 29.4 Å². The van der Waals surface area contributed by atoms with Crippen molar-refractivity contribution in [3.05, 3.63) is 28.8 Å². The summed E-state index contributed by atoms with van der Waals surface area (Å²) in [5, 5.41) is 12.5. The van der Waals surface area contributed by atoms with E-state index in [9.17, 15) is 8.42 Å². The Balaban J connectivity index is 2.32. The van der Waals surface area contributed by atoms with Gasteiger partial charge in [-0.3, -0.25) is 0 Å². The molecule has 1 aromatic carbocycles. The molecule has 7 heteroatoms. The average molecular weight is 303 g/mol. The summed E-state index contributed by atoms with van der Waals surface area (Å²) < 4.78 is 26.9. The van der Waals surface area contributed by atoms with E-state index in [1.54, 1.807) is 18.2 Å². The van der Waals surface area contributed by atoms with Crippen molar-refractivity contribution in [3.63, 3.8) is 0 Å². The van der Waals surface area contributed by atoms with Gasteiger partial charge in [0.25, 0.3) is 0 Å². The fourth-order valence-electron chi connectivity index (χ4n) is 1.33. The average Bonchev–Trinajstić information content (AvgIpc) is 2.33. The number of sulfone groups is 1. The minimum atomic E-state index is -2.98. The highest BCUT2D eigenvalue weighted by molar-refractivity contribution is 7.90. The normalized spacial score (nSPS) is 11.0. The van der Waals surface area contributed by atoms with Crippen molar-refractivity contribution in [2.75, 3.05) is 37.1 Å². The van der Waals surface area contributed by atoms with Gasteiger partial charge in [-0.2, -0.15) is 5.26 Å². The number of nitrogens with one attached hydrogen (secondary N) is 1. The van der Waals surface area contributed by atoms with Gasteiger partial charge < -0.3 is 10.1 Å². The van der Waals surface area contributed by atoms with Crippen LogP contribution in [0.1, 0.15) is 5.56 Å². The van der Waals surface area contributed by atoms with Gasteiger partial charge in [-0.25, -0.2) is 8.42 Å². The lowest BCUT2D eigenvalue weighted by Gasteiger charge is -2.08. The van der Waals surface area contributed by atoms with Crippen molar-refractivity contribution in [2.45, 2.75) is 0 Å². The monoisotopic (exact) mass is 302 g/mol. The number of rotatable bonds is 7. The highest BCUT2D eigenvalue weighted by Crippen LogP contribution is 2.19. The standard InChI is InChI=1S/C12H15ClN2O3S/c1-19(16,17)7-6-18-5-4-15-12-3-2-11(13)8-10(12)9-14/h2-3,8,15H,4-7H2,1H3. The molecule has 5 nitrogen and oxygen atoms in total. The van der Waals surface area contributed by atoms with Crippen LogP contribution >= 0.6 is 11.6 Å². The number of halogens is 1. The minimum absolute atomic E-state index is 0.0113. The van der Waals surface area contributed by atoms with Gasteiger partial charge in [0.2, 0.25) is 0 Å². The van der Waals surface area contributed by atoms with Gasteiger partial charge in [0.1, 0.15) is 15.9 Å². The number of benzene rings is 1. The lowest BCUT2D eigenvalue weighted by atomic mass is 10.2. The van der Waals surface area contributed by atoms with Crippen molar-refractivity contribution in [2.24, 2.45) is 0 Å². The molecule has 0 atom stereocenters. The Morgan fingerprint density at radius 3 is 2.79 bits per heavy atom. The Morgan fingerprint density at radius 2 is 2.16 bits per heavy atom. The molecule has 0 amide bonds. The Hall–Kier alpha value is -1.29. The predicted octanol–water partition coefficient (Wildman–Crippen LogP) is 1.68. The van der Waals surface area contributed by atoms with Crippen LogP contribution in [-0.2, 0) is 14.6 Å². The fourth-order valence-corrected chi connectivity index (χ4v) is 1.93. The second kappa shape index (κ2) is 7.34. The quantitative estimate of drug-likeness (QED) is 0.775. The molecule has 104 valence electrons. The summed E-state index contributed by atoms with van der Waals surface area (Å²) in [5.41, 5.74) is 1.14. The zero-order valence-corrected chi connectivity index (χ0v) is 12.1. The molecule has 0 aliphatic carbocycles. The number of hydrogen-bond donors (Lipinski definition) is 1. The highest BCUT2D eigenvalue weighted by Gasteiger charge is 2.03. The van der Waals surface area contributed by atoms with E-state index in [2.05, 4.69) is 5.32 Å². The third-order valence-electron chi connectivity index (χ3n) is 2.26. The van der Waals surface area contributed by atoms with Crippen molar-refractivity contribution in [3.8, 4) is 6.07 Å². The molecule has 1 N–H and O–H groups in total. The van der Waals surface area contributed by atoms with Gasteiger partial charge >= 0.3 is 0 Å². The molecule has 0 spiro atoms. The van der Waals surface area contributed by atoms with E-state index in [1.807, 2.05) is 6.07 Å². The SMILES string of the molecule is CS(=O)(=O)CCOCCNc1ccc(Cl)cc1C#N. The fraction of sp³-hybridized carbons (Fsp3) is 0.417. The van der Waals surface area contributed by atoms with Crippen LogP contribution in [0.25, 0.3) is 0 Å². The summed E-state index contributed by atoms with van der Waals surface area (Å²) in [7, 11) is -2.98. The number of nitrogens with zero attached hydrogens (tertiary/aromatic N) is 1. The first-order valence-electron chi connectivity index (χ1n) is 5.61. The molecule has 0 aliphatic rings. The molecule has 1 rings (SSSR count). The topological polar surface area (TPSA) is 79.2 Å². The van der Waals surface area contributed by atoms with Gasteiger partial charge in [-0.15, -0.1) is 0 Å². The predicted molar refractivity (Wildman–Crippen MR) is 75.2 cm³/mol. The molecule has 0 saturated heterocycles. The van der Waals surface area contributed by atoms with E-state index in [4.69, 9.17) is 21.6 Å². The van der Waals surface area contributed by atoms with E-state index >= 15 is 0 Å². The molecule has 0 fully saturated rings. The second-order valence-corrected chi connectivity index (χ2v) is 6.67. The number of hydrogen-bond acceptors (Lipinski definition) is 5. The van der Waals surface area contributed by atoms with Crippen LogP contribution in [0.4, 0.5) is 5.69 Å². The van der Waals surface area contributed by atoms with Crippen molar-refractivity contribution in [1.82, 2.24) is 0 Å². The van der Waals surface area contributed by atoms with E-state index in [1.165, 1.54) is 6.26 Å². The first kappa shape index (κ1) is 15.8. The molecule has 1 aromatic rings. The zero-order chi connectivity index (χ0) is 14.3. The van der Waals surface area contributed by atoms with Gasteiger partial charge in [-0.05, 0) is 18.2 Å². The van der Waals surface area contributed by atoms with Crippen LogP contribution in [-0.4, -0.2) is 40.2 Å². The summed E-state index contributed by atoms with van der Waals surface area (Å²) >= 11 is 5.78. The molecule has 0 saturated carbocycles. The summed E-state index contributed by atoms with van der Waals surface area (Å²) in [6.07, 6.45) is 1.17. The van der Waals surface area contributed by atoms with E-state index in [0.717, 1.165) is 0 Å². The minimum Gasteiger partial charge on any atom is -0.382 e. The maximum absolute atomic E-state index is 10.9. The third-order valence-corrected chi connectivity index (χ3v) is 3.41. The molecular weight excluding hydrogens is 288 g/mol. The van der Waals surface area contributed by atoms with Crippen molar-refractivity contribution >= 4 is 27.1 Å². The van der Waals surface area contributed by atoms with Crippen LogP contribution in [0.2, 0.25) is 5.02 Å². The molecule has 0 aromatic heterocycles. The molecular formula is C12H15ClN2O3S. The molecule has 0 aliphatic heterocycles. The molecule has 19 heavy (non-hydrogen) atoms. The van der Waals surface area contributed by atoms with Crippen molar-refractivity contribution in [1.29, 1.82) is 5.26 Å². The zero-order valence-electron chi connectivity index (χ0n) is 10.5. The van der Waals surface area contributed by atoms with Crippen LogP contribution in [0.3, 0.4) is 0 Å². The largest absolute Gasteiger partial charge is 0.382 e. The number of nitriles is 1. The summed E-state index contributed by atoms with van der Waals surface area (Å²) in [6, 6.07) is 7.03.